The van der Waals surface area contributed by atoms with E-state index in [1.165, 1.54) is 22.5 Å². The predicted molar refractivity (Wildman–Crippen MR) is 101 cm³/mol. The van der Waals surface area contributed by atoms with Gasteiger partial charge in [0, 0.05) is 24.0 Å². The van der Waals surface area contributed by atoms with E-state index in [-0.39, 0.29) is 57.3 Å². The van der Waals surface area contributed by atoms with Crippen LogP contribution in [0.2, 0.25) is 10.0 Å². The number of nitrogens with zero attached hydrogens (tertiary/aromatic N) is 3. The van der Waals surface area contributed by atoms with E-state index < -0.39 is 33.0 Å². The number of sulfonamides is 1. The Bertz CT molecular complexity index is 1020. The molecule has 1 aliphatic rings. The third-order valence-corrected chi connectivity index (χ3v) is 7.73. The molecule has 1 aromatic carbocycles. The van der Waals surface area contributed by atoms with E-state index >= 15 is 0 Å². The highest BCUT2D eigenvalue weighted by Crippen LogP contribution is 2.34. The summed E-state index contributed by atoms with van der Waals surface area (Å²) in [6, 6.07) is 4.11. The standard InChI is InChI=1S/C15H13Cl2F3N4O3S2/c16-9-1-2-10(17)11(7-9)29(26,27)24-5-3-8(4-6-24)12(25)21-14-23-22-13(28-14)15(18,19)20/h1-2,7-8H,3-6H2,(H,21,23,25). The zero-order chi connectivity index (χ0) is 21.4. The first kappa shape index (κ1) is 22.2. The molecule has 14 heteroatoms. The van der Waals surface area contributed by atoms with Gasteiger partial charge in [-0.25, -0.2) is 8.42 Å². The molecule has 0 radical (unpaired) electrons. The average Bonchev–Trinajstić information content (AvgIpc) is 3.12. The monoisotopic (exact) mass is 488 g/mol. The van der Waals surface area contributed by atoms with Crippen molar-refractivity contribution in [2.24, 2.45) is 5.92 Å². The molecule has 1 amide bonds. The first-order chi connectivity index (χ1) is 13.5. The van der Waals surface area contributed by atoms with Crippen molar-refractivity contribution in [2.45, 2.75) is 23.9 Å². The maximum absolute atomic E-state index is 12.8. The summed E-state index contributed by atoms with van der Waals surface area (Å²) in [6.45, 7) is 0.0976. The quantitative estimate of drug-likeness (QED) is 0.704. The fourth-order valence-electron chi connectivity index (χ4n) is 2.77. The number of aromatic nitrogens is 2. The van der Waals surface area contributed by atoms with Gasteiger partial charge in [0.25, 0.3) is 0 Å². The van der Waals surface area contributed by atoms with E-state index in [0.29, 0.717) is 0 Å². The van der Waals surface area contributed by atoms with E-state index in [1.807, 2.05) is 0 Å². The van der Waals surface area contributed by atoms with Gasteiger partial charge in [-0.1, -0.05) is 34.5 Å². The molecule has 2 aromatic rings. The zero-order valence-corrected chi connectivity index (χ0v) is 17.6. The van der Waals surface area contributed by atoms with Crippen LogP contribution in [0, 0.1) is 5.92 Å². The molecule has 29 heavy (non-hydrogen) atoms. The Hall–Kier alpha value is -1.47. The maximum Gasteiger partial charge on any atom is 0.445 e. The lowest BCUT2D eigenvalue weighted by atomic mass is 9.97. The second-order valence-electron chi connectivity index (χ2n) is 6.15. The van der Waals surface area contributed by atoms with E-state index in [9.17, 15) is 26.4 Å². The van der Waals surface area contributed by atoms with Crippen LogP contribution >= 0.6 is 34.5 Å². The summed E-state index contributed by atoms with van der Waals surface area (Å²) < 4.78 is 64.4. The molecular formula is C15H13Cl2F3N4O3S2. The highest BCUT2D eigenvalue weighted by Gasteiger charge is 2.37. The molecule has 1 aliphatic heterocycles. The first-order valence-corrected chi connectivity index (χ1v) is 11.2. The molecule has 1 saturated heterocycles. The SMILES string of the molecule is O=C(Nc1nnc(C(F)(F)F)s1)C1CCN(S(=O)(=O)c2cc(Cl)ccc2Cl)CC1. The lowest BCUT2D eigenvalue weighted by molar-refractivity contribution is -0.138. The number of nitrogens with one attached hydrogen (secondary N) is 1. The molecule has 158 valence electrons. The van der Waals surface area contributed by atoms with Crippen molar-refractivity contribution in [3.63, 3.8) is 0 Å². The van der Waals surface area contributed by atoms with Crippen molar-refractivity contribution in [2.75, 3.05) is 18.4 Å². The van der Waals surface area contributed by atoms with Gasteiger partial charge in [0.2, 0.25) is 26.1 Å². The fraction of sp³-hybridized carbons (Fsp3) is 0.400. The largest absolute Gasteiger partial charge is 0.445 e. The van der Waals surface area contributed by atoms with Gasteiger partial charge in [-0.3, -0.25) is 4.79 Å². The molecule has 1 aromatic heterocycles. The van der Waals surface area contributed by atoms with Crippen molar-refractivity contribution in [3.05, 3.63) is 33.3 Å². The van der Waals surface area contributed by atoms with Crippen LogP contribution in [0.4, 0.5) is 18.3 Å². The van der Waals surface area contributed by atoms with Gasteiger partial charge in [-0.15, -0.1) is 10.2 Å². The second-order valence-corrected chi connectivity index (χ2v) is 9.88. The van der Waals surface area contributed by atoms with Crippen LogP contribution in [0.15, 0.2) is 23.1 Å². The normalized spacial score (nSPS) is 16.7. The zero-order valence-electron chi connectivity index (χ0n) is 14.4. The molecule has 2 heterocycles. The van der Waals surface area contributed by atoms with E-state index in [2.05, 4.69) is 15.5 Å². The number of anilines is 1. The minimum absolute atomic E-state index is 0.0333. The van der Waals surface area contributed by atoms with E-state index in [4.69, 9.17) is 23.2 Å². The molecule has 3 rings (SSSR count). The number of hydrogen-bond acceptors (Lipinski definition) is 6. The average molecular weight is 489 g/mol. The van der Waals surface area contributed by atoms with Gasteiger partial charge >= 0.3 is 6.18 Å². The van der Waals surface area contributed by atoms with E-state index in [0.717, 1.165) is 0 Å². The number of carbonyl (C=O) groups excluding carboxylic acids is 1. The highest BCUT2D eigenvalue weighted by atomic mass is 35.5. The number of hydrogen-bond donors (Lipinski definition) is 1. The topological polar surface area (TPSA) is 92.3 Å². The number of piperidine rings is 1. The number of benzene rings is 1. The summed E-state index contributed by atoms with van der Waals surface area (Å²) in [7, 11) is -3.90. The molecular weight excluding hydrogens is 476 g/mol. The van der Waals surface area contributed by atoms with Crippen LogP contribution in [0.3, 0.4) is 0 Å². The molecule has 0 spiro atoms. The van der Waals surface area contributed by atoms with Crippen molar-refractivity contribution in [1.82, 2.24) is 14.5 Å². The van der Waals surface area contributed by atoms with Gasteiger partial charge in [-0.05, 0) is 31.0 Å². The Balaban J connectivity index is 1.63. The molecule has 0 unspecified atom stereocenters. The predicted octanol–water partition coefficient (Wildman–Crippen LogP) is 3.90. The van der Waals surface area contributed by atoms with Gasteiger partial charge in [0.15, 0.2) is 0 Å². The summed E-state index contributed by atoms with van der Waals surface area (Å²) in [5.74, 6) is -1.11. The van der Waals surface area contributed by atoms with Crippen molar-refractivity contribution < 1.29 is 26.4 Å². The number of halogens is 5. The first-order valence-electron chi connectivity index (χ1n) is 8.15. The van der Waals surface area contributed by atoms with Crippen LogP contribution < -0.4 is 5.32 Å². The maximum atomic E-state index is 12.8. The Morgan fingerprint density at radius 3 is 2.45 bits per heavy atom. The van der Waals surface area contributed by atoms with Crippen molar-refractivity contribution >= 4 is 55.6 Å². The van der Waals surface area contributed by atoms with Crippen LogP contribution in [0.1, 0.15) is 17.8 Å². The van der Waals surface area contributed by atoms with Crippen molar-refractivity contribution in [3.8, 4) is 0 Å². The smallest absolute Gasteiger partial charge is 0.300 e. The van der Waals surface area contributed by atoms with Gasteiger partial charge < -0.3 is 5.32 Å². The van der Waals surface area contributed by atoms with Gasteiger partial charge in [0.1, 0.15) is 4.90 Å². The highest BCUT2D eigenvalue weighted by molar-refractivity contribution is 7.89. The number of carbonyl (C=O) groups is 1. The molecule has 0 bridgehead atoms. The third kappa shape index (κ3) is 5.00. The number of alkyl halides is 3. The number of rotatable bonds is 4. The number of amides is 1. The fourth-order valence-corrected chi connectivity index (χ4v) is 5.59. The lowest BCUT2D eigenvalue weighted by Gasteiger charge is -2.30. The summed E-state index contributed by atoms with van der Waals surface area (Å²) >= 11 is 12.1. The van der Waals surface area contributed by atoms with Crippen LogP contribution in [0.5, 0.6) is 0 Å². The van der Waals surface area contributed by atoms with Crippen LogP contribution in [-0.2, 0) is 21.0 Å². The van der Waals surface area contributed by atoms with Crippen LogP contribution in [-0.4, -0.2) is 41.9 Å². The van der Waals surface area contributed by atoms with Gasteiger partial charge in [0.05, 0.1) is 5.02 Å². The molecule has 1 N–H and O–H groups in total. The van der Waals surface area contributed by atoms with E-state index in [1.54, 1.807) is 0 Å². The second kappa shape index (κ2) is 8.34. The molecule has 7 nitrogen and oxygen atoms in total. The summed E-state index contributed by atoms with van der Waals surface area (Å²) in [6.07, 6.45) is -4.26. The van der Waals surface area contributed by atoms with Gasteiger partial charge in [-0.2, -0.15) is 17.5 Å². The van der Waals surface area contributed by atoms with Crippen molar-refractivity contribution in [1.29, 1.82) is 0 Å². The Kier molecular flexibility index (Phi) is 6.39. The Morgan fingerprint density at radius 1 is 1.21 bits per heavy atom. The summed E-state index contributed by atoms with van der Waals surface area (Å²) in [4.78, 5) is 12.2. The molecule has 1 fully saturated rings. The molecule has 0 saturated carbocycles. The molecule has 0 atom stereocenters. The minimum atomic E-state index is -4.64. The Labute approximate surface area is 177 Å². The molecule has 0 aliphatic carbocycles. The summed E-state index contributed by atoms with van der Waals surface area (Å²) in [5.41, 5.74) is 0. The minimum Gasteiger partial charge on any atom is -0.300 e. The third-order valence-electron chi connectivity index (χ3n) is 4.23. The van der Waals surface area contributed by atoms with Crippen LogP contribution in [0.25, 0.3) is 0 Å². The lowest BCUT2D eigenvalue weighted by Crippen LogP contribution is -2.41. The summed E-state index contributed by atoms with van der Waals surface area (Å²) in [5, 5.41) is 7.45. The Morgan fingerprint density at radius 2 is 1.86 bits per heavy atom.